The summed E-state index contributed by atoms with van der Waals surface area (Å²) in [5.74, 6) is 2.11. The van der Waals surface area contributed by atoms with E-state index in [2.05, 4.69) is 98.2 Å². The average Bonchev–Trinajstić information content (AvgIpc) is 3.11. The van der Waals surface area contributed by atoms with Crippen LogP contribution in [0.25, 0.3) is 22.3 Å². The minimum absolute atomic E-state index is 0.941. The Hall–Kier alpha value is -3.66. The summed E-state index contributed by atoms with van der Waals surface area (Å²) in [6, 6.07) is 21.7. The maximum atomic E-state index is 4.85. The molecule has 35 heavy (non-hydrogen) atoms. The Morgan fingerprint density at radius 2 is 0.914 bits per heavy atom. The molecule has 0 bridgehead atoms. The number of nitrogens with zero attached hydrogens (tertiary/aromatic N) is 4. The van der Waals surface area contributed by atoms with Crippen LogP contribution < -0.4 is 9.80 Å². The normalized spacial score (nSPS) is 14.2. The second kappa shape index (κ2) is 9.91. The van der Waals surface area contributed by atoms with E-state index in [-0.39, 0.29) is 0 Å². The Balaban J connectivity index is 1.28. The van der Waals surface area contributed by atoms with Crippen molar-refractivity contribution in [2.45, 2.75) is 34.1 Å². The number of hydrogen-bond donors (Lipinski definition) is 0. The van der Waals surface area contributed by atoms with E-state index >= 15 is 0 Å². The summed E-state index contributed by atoms with van der Waals surface area (Å²) >= 11 is 0. The van der Waals surface area contributed by atoms with E-state index in [1.807, 2.05) is 12.4 Å². The van der Waals surface area contributed by atoms with Gasteiger partial charge in [0.25, 0.3) is 0 Å². The monoisotopic (exact) mass is 462 g/mol. The van der Waals surface area contributed by atoms with E-state index in [4.69, 9.17) is 9.97 Å². The molecule has 0 aliphatic carbocycles. The largest absolute Gasteiger partial charge is 0.355 e. The van der Waals surface area contributed by atoms with Crippen molar-refractivity contribution in [3.63, 3.8) is 0 Å². The summed E-state index contributed by atoms with van der Waals surface area (Å²) in [4.78, 5) is 14.5. The molecule has 1 aliphatic rings. The molecule has 1 aliphatic heterocycles. The summed E-state index contributed by atoms with van der Waals surface area (Å²) in [6.07, 6.45) is 5.14. The van der Waals surface area contributed by atoms with Gasteiger partial charge in [0.1, 0.15) is 11.6 Å². The number of benzene rings is 2. The van der Waals surface area contributed by atoms with Crippen LogP contribution in [0.2, 0.25) is 0 Å². The molecule has 4 heteroatoms. The lowest BCUT2D eigenvalue weighted by molar-refractivity contribution is 0.794. The van der Waals surface area contributed by atoms with Crippen LogP contribution in [0.15, 0.2) is 73.1 Å². The van der Waals surface area contributed by atoms with Crippen molar-refractivity contribution in [2.75, 3.05) is 36.0 Å². The molecule has 3 heterocycles. The zero-order valence-electron chi connectivity index (χ0n) is 21.3. The van der Waals surface area contributed by atoms with Crippen LogP contribution in [-0.4, -0.2) is 36.1 Å². The van der Waals surface area contributed by atoms with Gasteiger partial charge in [-0.15, -0.1) is 0 Å². The van der Waals surface area contributed by atoms with Crippen molar-refractivity contribution in [2.24, 2.45) is 0 Å². The lowest BCUT2D eigenvalue weighted by Crippen LogP contribution is -2.31. The minimum atomic E-state index is 0.941. The smallest absolute Gasteiger partial charge is 0.128 e. The molecule has 1 saturated heterocycles. The van der Waals surface area contributed by atoms with Gasteiger partial charge in [-0.25, -0.2) is 9.97 Å². The van der Waals surface area contributed by atoms with E-state index in [0.29, 0.717) is 0 Å². The Kier molecular flexibility index (Phi) is 6.54. The second-order valence-corrected chi connectivity index (χ2v) is 9.67. The third kappa shape index (κ3) is 4.79. The van der Waals surface area contributed by atoms with Gasteiger partial charge in [-0.2, -0.15) is 0 Å². The topological polar surface area (TPSA) is 32.3 Å². The summed E-state index contributed by atoms with van der Waals surface area (Å²) in [7, 11) is 0. The van der Waals surface area contributed by atoms with E-state index in [9.17, 15) is 0 Å². The summed E-state index contributed by atoms with van der Waals surface area (Å²) in [5.41, 5.74) is 10.1. The van der Waals surface area contributed by atoms with Crippen molar-refractivity contribution in [3.8, 4) is 22.3 Å². The molecule has 0 spiro atoms. The number of aryl methyl sites for hydroxylation is 4. The van der Waals surface area contributed by atoms with Crippen LogP contribution >= 0.6 is 0 Å². The van der Waals surface area contributed by atoms with Crippen LogP contribution in [0.1, 0.15) is 28.7 Å². The van der Waals surface area contributed by atoms with Gasteiger partial charge >= 0.3 is 0 Å². The molecule has 4 nitrogen and oxygen atoms in total. The fraction of sp³-hybridized carbons (Fsp3) is 0.290. The van der Waals surface area contributed by atoms with Crippen molar-refractivity contribution >= 4 is 11.6 Å². The quantitative estimate of drug-likeness (QED) is 0.335. The molecule has 2 aromatic carbocycles. The molecule has 178 valence electrons. The van der Waals surface area contributed by atoms with Crippen molar-refractivity contribution in [1.29, 1.82) is 0 Å². The van der Waals surface area contributed by atoms with Gasteiger partial charge in [-0.1, -0.05) is 36.4 Å². The zero-order chi connectivity index (χ0) is 24.4. The van der Waals surface area contributed by atoms with Gasteiger partial charge in [0, 0.05) is 49.7 Å². The highest BCUT2D eigenvalue weighted by atomic mass is 15.3. The number of pyridine rings is 2. The maximum absolute atomic E-state index is 4.85. The van der Waals surface area contributed by atoms with Crippen LogP contribution in [0.4, 0.5) is 11.6 Å². The third-order valence-corrected chi connectivity index (χ3v) is 7.18. The number of aromatic nitrogens is 2. The van der Waals surface area contributed by atoms with Gasteiger partial charge in [-0.05, 0) is 91.8 Å². The Bertz CT molecular complexity index is 1170. The van der Waals surface area contributed by atoms with Gasteiger partial charge < -0.3 is 9.80 Å². The van der Waals surface area contributed by atoms with Crippen LogP contribution in [0.5, 0.6) is 0 Å². The molecule has 0 atom stereocenters. The molecule has 0 saturated carbocycles. The van der Waals surface area contributed by atoms with E-state index < -0.39 is 0 Å². The fourth-order valence-corrected chi connectivity index (χ4v) is 5.36. The molecule has 0 radical (unpaired) electrons. The molecule has 1 fully saturated rings. The number of anilines is 2. The standard InChI is InChI=1S/C31H34N4/c1-22-8-5-9-23(2)30(22)26-12-14-28(32-20-26)34-16-7-17-35(19-18-34)29-15-13-27(21-33-29)31-24(3)10-6-11-25(31)4/h5-6,8-15,20-21H,7,16-19H2,1-4H3. The number of rotatable bonds is 4. The lowest BCUT2D eigenvalue weighted by atomic mass is 9.97. The molecular formula is C31H34N4. The first-order valence-corrected chi connectivity index (χ1v) is 12.6. The molecule has 0 amide bonds. The molecule has 2 aromatic heterocycles. The Morgan fingerprint density at radius 1 is 0.514 bits per heavy atom. The molecule has 5 rings (SSSR count). The van der Waals surface area contributed by atoms with Gasteiger partial charge in [0.2, 0.25) is 0 Å². The molecule has 0 N–H and O–H groups in total. The Labute approximate surface area is 209 Å². The zero-order valence-corrected chi connectivity index (χ0v) is 21.3. The van der Waals surface area contributed by atoms with Gasteiger partial charge in [0.05, 0.1) is 0 Å². The minimum Gasteiger partial charge on any atom is -0.355 e. The van der Waals surface area contributed by atoms with E-state index in [1.54, 1.807) is 0 Å². The lowest BCUT2D eigenvalue weighted by Gasteiger charge is -2.24. The highest BCUT2D eigenvalue weighted by Crippen LogP contribution is 2.29. The van der Waals surface area contributed by atoms with Crippen molar-refractivity contribution in [3.05, 3.63) is 95.3 Å². The first kappa shape index (κ1) is 23.1. The predicted molar refractivity (Wildman–Crippen MR) is 147 cm³/mol. The fourth-order valence-electron chi connectivity index (χ4n) is 5.36. The van der Waals surface area contributed by atoms with Crippen molar-refractivity contribution < 1.29 is 0 Å². The summed E-state index contributed by atoms with van der Waals surface area (Å²) in [6.45, 7) is 12.6. The van der Waals surface area contributed by atoms with Crippen LogP contribution in [0.3, 0.4) is 0 Å². The highest BCUT2D eigenvalue weighted by molar-refractivity contribution is 5.72. The average molecular weight is 463 g/mol. The highest BCUT2D eigenvalue weighted by Gasteiger charge is 2.18. The molecule has 0 unspecified atom stereocenters. The molecule has 4 aromatic rings. The van der Waals surface area contributed by atoms with Crippen molar-refractivity contribution in [1.82, 2.24) is 9.97 Å². The summed E-state index contributed by atoms with van der Waals surface area (Å²) in [5, 5.41) is 0. The SMILES string of the molecule is Cc1cccc(C)c1-c1ccc(N2CCCN(c3ccc(-c4c(C)cccc4C)cn3)CC2)nc1. The molecular weight excluding hydrogens is 428 g/mol. The maximum Gasteiger partial charge on any atom is 0.128 e. The second-order valence-electron chi connectivity index (χ2n) is 9.67. The summed E-state index contributed by atoms with van der Waals surface area (Å²) < 4.78 is 0. The van der Waals surface area contributed by atoms with E-state index in [1.165, 1.54) is 44.5 Å². The number of hydrogen-bond acceptors (Lipinski definition) is 4. The van der Waals surface area contributed by atoms with Crippen LogP contribution in [-0.2, 0) is 0 Å². The van der Waals surface area contributed by atoms with Gasteiger partial charge in [-0.3, -0.25) is 0 Å². The third-order valence-electron chi connectivity index (χ3n) is 7.18. The Morgan fingerprint density at radius 3 is 1.26 bits per heavy atom. The first-order chi connectivity index (χ1) is 17.0. The predicted octanol–water partition coefficient (Wildman–Crippen LogP) is 6.76. The first-order valence-electron chi connectivity index (χ1n) is 12.6. The van der Waals surface area contributed by atoms with Gasteiger partial charge in [0.15, 0.2) is 0 Å². The van der Waals surface area contributed by atoms with Crippen LogP contribution in [0, 0.1) is 27.7 Å². The van der Waals surface area contributed by atoms with E-state index in [0.717, 1.165) is 44.2 Å².